The summed E-state index contributed by atoms with van der Waals surface area (Å²) in [5, 5.41) is 5.70. The number of unbranched alkanes of at least 4 members (excludes halogenated alkanes) is 1. The number of anilines is 1. The molecule has 0 aliphatic rings. The molecule has 1 aromatic carbocycles. The van der Waals surface area contributed by atoms with E-state index in [1.807, 2.05) is 6.92 Å². The third kappa shape index (κ3) is 4.04. The Bertz CT molecular complexity index is 447. The van der Waals surface area contributed by atoms with Gasteiger partial charge in [-0.15, -0.1) is 0 Å². The van der Waals surface area contributed by atoms with Gasteiger partial charge < -0.3 is 10.6 Å². The highest BCUT2D eigenvalue weighted by atomic mass is 35.5. The van der Waals surface area contributed by atoms with Crippen molar-refractivity contribution < 1.29 is 9.59 Å². The first-order valence-corrected chi connectivity index (χ1v) is 6.27. The van der Waals surface area contributed by atoms with Gasteiger partial charge >= 0.3 is 0 Å². The molecule has 0 spiro atoms. The smallest absolute Gasteiger partial charge is 0.253 e. The second-order valence-corrected chi connectivity index (χ2v) is 4.36. The van der Waals surface area contributed by atoms with Crippen molar-refractivity contribution in [2.24, 2.45) is 0 Å². The van der Waals surface area contributed by atoms with Crippen molar-refractivity contribution in [3.8, 4) is 0 Å². The Labute approximate surface area is 112 Å². The molecule has 1 aromatic rings. The number of carbonyl (C=O) groups excluding carboxylic acids is 2. The molecule has 0 bridgehead atoms. The molecule has 0 aliphatic heterocycles. The van der Waals surface area contributed by atoms with E-state index in [1.54, 1.807) is 12.1 Å². The van der Waals surface area contributed by atoms with Crippen LogP contribution in [-0.4, -0.2) is 18.9 Å². The van der Waals surface area contributed by atoms with Crippen LogP contribution in [0.4, 0.5) is 5.69 Å². The van der Waals surface area contributed by atoms with Gasteiger partial charge in [0.05, 0.1) is 11.3 Å². The van der Waals surface area contributed by atoms with E-state index in [2.05, 4.69) is 10.6 Å². The van der Waals surface area contributed by atoms with E-state index in [4.69, 9.17) is 11.6 Å². The predicted octanol–water partition coefficient (Wildman–Crippen LogP) is 2.83. The molecule has 0 heterocycles. The van der Waals surface area contributed by atoms with Gasteiger partial charge in [-0.3, -0.25) is 9.59 Å². The summed E-state index contributed by atoms with van der Waals surface area (Å²) in [7, 11) is 1.53. The Morgan fingerprint density at radius 1 is 1.33 bits per heavy atom. The van der Waals surface area contributed by atoms with Crippen LogP contribution in [0.5, 0.6) is 0 Å². The summed E-state index contributed by atoms with van der Waals surface area (Å²) >= 11 is 5.85. The van der Waals surface area contributed by atoms with E-state index in [0.717, 1.165) is 12.8 Å². The van der Waals surface area contributed by atoms with Crippen LogP contribution in [0.3, 0.4) is 0 Å². The zero-order valence-electron chi connectivity index (χ0n) is 10.5. The average Bonchev–Trinajstić information content (AvgIpc) is 2.37. The minimum Gasteiger partial charge on any atom is -0.355 e. The molecule has 0 unspecified atom stereocenters. The molecule has 0 aliphatic carbocycles. The van der Waals surface area contributed by atoms with Crippen LogP contribution in [0.15, 0.2) is 18.2 Å². The van der Waals surface area contributed by atoms with Crippen molar-refractivity contribution in [2.45, 2.75) is 26.2 Å². The topological polar surface area (TPSA) is 58.2 Å². The predicted molar refractivity (Wildman–Crippen MR) is 73.0 cm³/mol. The summed E-state index contributed by atoms with van der Waals surface area (Å²) in [5.74, 6) is -0.368. The summed E-state index contributed by atoms with van der Waals surface area (Å²) in [6, 6.07) is 4.82. The normalized spacial score (nSPS) is 9.94. The second-order valence-electron chi connectivity index (χ2n) is 3.92. The van der Waals surface area contributed by atoms with Gasteiger partial charge in [-0.05, 0) is 24.6 Å². The van der Waals surface area contributed by atoms with Gasteiger partial charge in [0.2, 0.25) is 5.91 Å². The molecule has 18 heavy (non-hydrogen) atoms. The highest BCUT2D eigenvalue weighted by Crippen LogP contribution is 2.21. The second kappa shape index (κ2) is 7.01. The average molecular weight is 269 g/mol. The van der Waals surface area contributed by atoms with Crippen LogP contribution in [0.25, 0.3) is 0 Å². The highest BCUT2D eigenvalue weighted by Gasteiger charge is 2.12. The van der Waals surface area contributed by atoms with Crippen LogP contribution in [0.2, 0.25) is 5.02 Å². The Morgan fingerprint density at radius 2 is 2.06 bits per heavy atom. The summed E-state index contributed by atoms with van der Waals surface area (Å²) in [5.41, 5.74) is 0.856. The fourth-order valence-corrected chi connectivity index (χ4v) is 1.67. The molecule has 0 radical (unpaired) electrons. The molecule has 1 rings (SSSR count). The molecule has 2 amide bonds. The lowest BCUT2D eigenvalue weighted by Gasteiger charge is -2.10. The van der Waals surface area contributed by atoms with Crippen LogP contribution < -0.4 is 10.6 Å². The molecule has 0 fully saturated rings. The van der Waals surface area contributed by atoms with Gasteiger partial charge in [0.15, 0.2) is 0 Å². The van der Waals surface area contributed by atoms with Gasteiger partial charge in [-0.2, -0.15) is 0 Å². The van der Waals surface area contributed by atoms with Crippen LogP contribution >= 0.6 is 11.6 Å². The van der Waals surface area contributed by atoms with Crippen molar-refractivity contribution >= 4 is 29.1 Å². The number of benzene rings is 1. The maximum atomic E-state index is 11.7. The van der Waals surface area contributed by atoms with Crippen LogP contribution in [0.1, 0.15) is 36.5 Å². The SMILES string of the molecule is CCCCC(=O)Nc1ccc(Cl)cc1C(=O)NC. The highest BCUT2D eigenvalue weighted by molar-refractivity contribution is 6.31. The van der Waals surface area contributed by atoms with E-state index in [0.29, 0.717) is 22.7 Å². The minimum absolute atomic E-state index is 0.0932. The molecular weight excluding hydrogens is 252 g/mol. The maximum Gasteiger partial charge on any atom is 0.253 e. The van der Waals surface area contributed by atoms with E-state index in [1.165, 1.54) is 13.1 Å². The first-order chi connectivity index (χ1) is 8.58. The van der Waals surface area contributed by atoms with Crippen molar-refractivity contribution in [2.75, 3.05) is 12.4 Å². The van der Waals surface area contributed by atoms with Gasteiger partial charge in [0, 0.05) is 18.5 Å². The number of halogens is 1. The maximum absolute atomic E-state index is 11.7. The Hall–Kier alpha value is -1.55. The Balaban J connectivity index is 2.87. The fraction of sp³-hybridized carbons (Fsp3) is 0.385. The van der Waals surface area contributed by atoms with Gasteiger partial charge in [0.25, 0.3) is 5.91 Å². The van der Waals surface area contributed by atoms with Gasteiger partial charge in [0.1, 0.15) is 0 Å². The van der Waals surface area contributed by atoms with E-state index >= 15 is 0 Å². The minimum atomic E-state index is -0.275. The van der Waals surface area contributed by atoms with E-state index < -0.39 is 0 Å². The lowest BCUT2D eigenvalue weighted by atomic mass is 10.1. The molecular formula is C13H17ClN2O2. The van der Waals surface area contributed by atoms with Crippen LogP contribution in [-0.2, 0) is 4.79 Å². The Kier molecular flexibility index (Phi) is 5.65. The number of hydrogen-bond acceptors (Lipinski definition) is 2. The molecule has 98 valence electrons. The van der Waals surface area contributed by atoms with Crippen LogP contribution in [0, 0.1) is 0 Å². The molecule has 4 nitrogen and oxygen atoms in total. The third-order valence-corrected chi connectivity index (χ3v) is 2.72. The molecule has 0 saturated carbocycles. The van der Waals surface area contributed by atoms with Crippen molar-refractivity contribution in [3.05, 3.63) is 28.8 Å². The van der Waals surface area contributed by atoms with Gasteiger partial charge in [-0.1, -0.05) is 24.9 Å². The number of nitrogens with one attached hydrogen (secondary N) is 2. The number of carbonyl (C=O) groups is 2. The van der Waals surface area contributed by atoms with Crippen molar-refractivity contribution in [1.29, 1.82) is 0 Å². The number of hydrogen-bond donors (Lipinski definition) is 2. The lowest BCUT2D eigenvalue weighted by molar-refractivity contribution is -0.116. The Morgan fingerprint density at radius 3 is 2.67 bits per heavy atom. The summed E-state index contributed by atoms with van der Waals surface area (Å²) in [6.07, 6.45) is 2.23. The third-order valence-electron chi connectivity index (χ3n) is 2.48. The first-order valence-electron chi connectivity index (χ1n) is 5.90. The zero-order valence-corrected chi connectivity index (χ0v) is 11.3. The monoisotopic (exact) mass is 268 g/mol. The zero-order chi connectivity index (χ0) is 13.5. The quantitative estimate of drug-likeness (QED) is 0.863. The summed E-state index contributed by atoms with van der Waals surface area (Å²) in [4.78, 5) is 23.3. The van der Waals surface area contributed by atoms with Gasteiger partial charge in [-0.25, -0.2) is 0 Å². The molecule has 0 atom stereocenters. The van der Waals surface area contributed by atoms with Crippen molar-refractivity contribution in [3.63, 3.8) is 0 Å². The van der Waals surface area contributed by atoms with Crippen molar-refractivity contribution in [1.82, 2.24) is 5.32 Å². The largest absolute Gasteiger partial charge is 0.355 e. The van der Waals surface area contributed by atoms with E-state index in [9.17, 15) is 9.59 Å². The standard InChI is InChI=1S/C13H17ClN2O2/c1-3-4-5-12(17)16-11-7-6-9(14)8-10(11)13(18)15-2/h6-8H,3-5H2,1-2H3,(H,15,18)(H,16,17). The van der Waals surface area contributed by atoms with E-state index in [-0.39, 0.29) is 11.8 Å². The summed E-state index contributed by atoms with van der Waals surface area (Å²) in [6.45, 7) is 2.02. The number of amides is 2. The molecule has 5 heteroatoms. The lowest BCUT2D eigenvalue weighted by Crippen LogP contribution is -2.21. The number of rotatable bonds is 5. The fourth-order valence-electron chi connectivity index (χ4n) is 1.50. The molecule has 0 aromatic heterocycles. The molecule has 0 saturated heterocycles. The molecule has 2 N–H and O–H groups in total. The summed E-state index contributed by atoms with van der Waals surface area (Å²) < 4.78 is 0. The first kappa shape index (κ1) is 14.5.